The Balaban J connectivity index is 2.46. The number of carbonyl (C=O) groups excluding carboxylic acids is 2. The Hall–Kier alpha value is -2.77. The molecule has 0 aliphatic rings. The minimum atomic E-state index is -1.12. The molecule has 1 aromatic carbocycles. The number of carboxylic acid groups (broad SMARTS) is 1. The molecule has 0 saturated carbocycles. The van der Waals surface area contributed by atoms with E-state index in [1.54, 1.807) is 25.7 Å². The minimum Gasteiger partial charge on any atom is -0.480 e. The molecule has 2 amide bonds. The summed E-state index contributed by atoms with van der Waals surface area (Å²) in [6.07, 6.45) is 0.165. The molecule has 0 heterocycles. The van der Waals surface area contributed by atoms with Gasteiger partial charge in [-0.05, 0) is 59.4 Å². The lowest BCUT2D eigenvalue weighted by Crippen LogP contribution is -2.43. The van der Waals surface area contributed by atoms with Crippen molar-refractivity contribution in [2.45, 2.75) is 78.2 Å². The van der Waals surface area contributed by atoms with Crippen molar-refractivity contribution >= 4 is 18.2 Å². The number of carboxylic acids is 1. The van der Waals surface area contributed by atoms with Gasteiger partial charge >= 0.3 is 18.2 Å². The molecule has 0 aliphatic heterocycles. The molecule has 1 unspecified atom stereocenters. The fourth-order valence-corrected chi connectivity index (χ4v) is 2.70. The number of alkyl carbamates (subject to hydrolysis) is 1. The predicted molar refractivity (Wildman–Crippen MR) is 113 cm³/mol. The van der Waals surface area contributed by atoms with E-state index >= 15 is 0 Å². The van der Waals surface area contributed by atoms with Crippen LogP contribution in [0.5, 0.6) is 0 Å². The van der Waals surface area contributed by atoms with Crippen molar-refractivity contribution in [2.75, 3.05) is 6.54 Å². The van der Waals surface area contributed by atoms with Crippen LogP contribution in [-0.2, 0) is 20.9 Å². The largest absolute Gasteiger partial charge is 0.480 e. The van der Waals surface area contributed by atoms with E-state index in [4.69, 9.17) is 9.47 Å². The summed E-state index contributed by atoms with van der Waals surface area (Å²) in [6.45, 7) is 9.55. The maximum Gasteiger partial charge on any atom is 0.410 e. The number of rotatable bonds is 10. The monoisotopic (exact) mass is 422 g/mol. The summed E-state index contributed by atoms with van der Waals surface area (Å²) >= 11 is 0. The van der Waals surface area contributed by atoms with Crippen molar-refractivity contribution in [3.63, 3.8) is 0 Å². The zero-order valence-electron chi connectivity index (χ0n) is 18.5. The van der Waals surface area contributed by atoms with E-state index in [1.807, 2.05) is 44.2 Å². The summed E-state index contributed by atoms with van der Waals surface area (Å²) in [5, 5.41) is 11.7. The van der Waals surface area contributed by atoms with Crippen molar-refractivity contribution in [1.29, 1.82) is 0 Å². The molecular formula is C22H34N2O6. The molecule has 0 bridgehead atoms. The second kappa shape index (κ2) is 12.0. The summed E-state index contributed by atoms with van der Waals surface area (Å²) < 4.78 is 10.5. The van der Waals surface area contributed by atoms with Gasteiger partial charge in [-0.15, -0.1) is 0 Å². The zero-order valence-corrected chi connectivity index (χ0v) is 18.5. The molecule has 1 rings (SSSR count). The van der Waals surface area contributed by atoms with Crippen LogP contribution in [-0.4, -0.2) is 52.4 Å². The van der Waals surface area contributed by atoms with Gasteiger partial charge in [0.15, 0.2) is 0 Å². The number of nitrogens with one attached hydrogen (secondary N) is 1. The number of aliphatic carboxylic acids is 1. The zero-order chi connectivity index (χ0) is 22.7. The molecule has 1 atom stereocenters. The molecular weight excluding hydrogens is 388 g/mol. The molecule has 8 nitrogen and oxygen atoms in total. The van der Waals surface area contributed by atoms with Gasteiger partial charge in [0.05, 0.1) is 0 Å². The van der Waals surface area contributed by atoms with Gasteiger partial charge in [0.2, 0.25) is 0 Å². The normalized spacial score (nSPS) is 12.2. The second-order valence-corrected chi connectivity index (χ2v) is 8.36. The topological polar surface area (TPSA) is 105 Å². The number of unbranched alkanes of at least 4 members (excludes halogenated alkanes) is 1. The van der Waals surface area contributed by atoms with Crippen LogP contribution in [0.3, 0.4) is 0 Å². The highest BCUT2D eigenvalue weighted by Crippen LogP contribution is 2.11. The molecule has 30 heavy (non-hydrogen) atoms. The number of hydrogen-bond acceptors (Lipinski definition) is 5. The van der Waals surface area contributed by atoms with Gasteiger partial charge in [-0.3, -0.25) is 0 Å². The average molecular weight is 423 g/mol. The smallest absolute Gasteiger partial charge is 0.410 e. The number of nitrogens with zero attached hydrogens (tertiary/aromatic N) is 1. The summed E-state index contributed by atoms with van der Waals surface area (Å²) in [4.78, 5) is 37.2. The molecule has 8 heteroatoms. The molecule has 168 valence electrons. The number of amides is 2. The van der Waals surface area contributed by atoms with Crippen molar-refractivity contribution < 1.29 is 29.0 Å². The highest BCUT2D eigenvalue weighted by Gasteiger charge is 2.24. The summed E-state index contributed by atoms with van der Waals surface area (Å²) in [5.41, 5.74) is 0.206. The van der Waals surface area contributed by atoms with Gasteiger partial charge in [0.25, 0.3) is 0 Å². The van der Waals surface area contributed by atoms with Gasteiger partial charge in [-0.2, -0.15) is 0 Å². The molecule has 2 N–H and O–H groups in total. The Morgan fingerprint density at radius 1 is 1.10 bits per heavy atom. The third kappa shape index (κ3) is 10.1. The SMILES string of the molecule is CC(C)N(CCCCC(NC(=O)OC(C)(C)C)C(=O)O)C(=O)OCc1ccccc1. The van der Waals surface area contributed by atoms with Crippen molar-refractivity contribution in [3.8, 4) is 0 Å². The average Bonchev–Trinajstić information content (AvgIpc) is 2.64. The van der Waals surface area contributed by atoms with Gasteiger partial charge in [-0.1, -0.05) is 30.3 Å². The molecule has 0 aliphatic carbocycles. The number of ether oxygens (including phenoxy) is 2. The summed E-state index contributed by atoms with van der Waals surface area (Å²) in [7, 11) is 0. The van der Waals surface area contributed by atoms with Crippen LogP contribution in [0.25, 0.3) is 0 Å². The maximum atomic E-state index is 12.4. The highest BCUT2D eigenvalue weighted by molar-refractivity contribution is 5.79. The standard InChI is InChI=1S/C22H34N2O6/c1-16(2)24(21(28)29-15-17-11-7-6-8-12-17)14-10-9-13-18(19(25)26)23-20(27)30-22(3,4)5/h6-8,11-12,16,18H,9-10,13-15H2,1-5H3,(H,23,27)(H,25,26). The van der Waals surface area contributed by atoms with Crippen LogP contribution < -0.4 is 5.32 Å². The first-order valence-corrected chi connectivity index (χ1v) is 10.2. The summed E-state index contributed by atoms with van der Waals surface area (Å²) in [5.74, 6) is -1.12. The van der Waals surface area contributed by atoms with E-state index in [0.717, 1.165) is 5.56 Å². The van der Waals surface area contributed by atoms with Crippen LogP contribution in [0.2, 0.25) is 0 Å². The Morgan fingerprint density at radius 3 is 2.27 bits per heavy atom. The predicted octanol–water partition coefficient (Wildman–Crippen LogP) is 4.18. The Labute approximate surface area is 178 Å². The molecule has 0 radical (unpaired) electrons. The molecule has 0 fully saturated rings. The fourth-order valence-electron chi connectivity index (χ4n) is 2.70. The Kier molecular flexibility index (Phi) is 10.1. The van der Waals surface area contributed by atoms with E-state index in [0.29, 0.717) is 19.4 Å². The number of hydrogen-bond donors (Lipinski definition) is 2. The Bertz CT molecular complexity index is 685. The molecule has 0 spiro atoms. The van der Waals surface area contributed by atoms with Gasteiger partial charge in [-0.25, -0.2) is 14.4 Å². The quantitative estimate of drug-likeness (QED) is 0.548. The van der Waals surface area contributed by atoms with Gasteiger partial charge in [0.1, 0.15) is 18.2 Å². The first kappa shape index (κ1) is 25.3. The van der Waals surface area contributed by atoms with E-state index in [1.165, 1.54) is 0 Å². The highest BCUT2D eigenvalue weighted by atomic mass is 16.6. The van der Waals surface area contributed by atoms with Crippen molar-refractivity contribution in [3.05, 3.63) is 35.9 Å². The fraction of sp³-hybridized carbons (Fsp3) is 0.591. The number of carbonyl (C=O) groups is 3. The van der Waals surface area contributed by atoms with Crippen LogP contribution in [0.15, 0.2) is 30.3 Å². The first-order chi connectivity index (χ1) is 14.0. The lowest BCUT2D eigenvalue weighted by Gasteiger charge is -2.26. The third-order valence-electron chi connectivity index (χ3n) is 4.19. The lowest BCUT2D eigenvalue weighted by atomic mass is 10.1. The Morgan fingerprint density at radius 2 is 1.73 bits per heavy atom. The van der Waals surface area contributed by atoms with E-state index in [2.05, 4.69) is 5.32 Å². The third-order valence-corrected chi connectivity index (χ3v) is 4.19. The first-order valence-electron chi connectivity index (χ1n) is 10.2. The second-order valence-electron chi connectivity index (χ2n) is 8.36. The molecule has 0 aromatic heterocycles. The van der Waals surface area contributed by atoms with Crippen LogP contribution >= 0.6 is 0 Å². The maximum absolute atomic E-state index is 12.4. The van der Waals surface area contributed by atoms with Gasteiger partial charge in [0, 0.05) is 12.6 Å². The van der Waals surface area contributed by atoms with E-state index in [-0.39, 0.29) is 19.1 Å². The van der Waals surface area contributed by atoms with Gasteiger partial charge < -0.3 is 24.8 Å². The van der Waals surface area contributed by atoms with E-state index < -0.39 is 29.8 Å². The van der Waals surface area contributed by atoms with Crippen LogP contribution in [0.4, 0.5) is 9.59 Å². The number of benzene rings is 1. The van der Waals surface area contributed by atoms with Crippen molar-refractivity contribution in [2.24, 2.45) is 0 Å². The van der Waals surface area contributed by atoms with Crippen molar-refractivity contribution in [1.82, 2.24) is 10.2 Å². The minimum absolute atomic E-state index is 0.0524. The van der Waals surface area contributed by atoms with Crippen LogP contribution in [0.1, 0.15) is 59.4 Å². The van der Waals surface area contributed by atoms with Crippen LogP contribution in [0, 0.1) is 0 Å². The molecule has 1 aromatic rings. The molecule has 0 saturated heterocycles. The van der Waals surface area contributed by atoms with E-state index in [9.17, 15) is 19.5 Å². The summed E-state index contributed by atoms with van der Waals surface area (Å²) in [6, 6.07) is 8.34. The lowest BCUT2D eigenvalue weighted by molar-refractivity contribution is -0.139.